The Morgan fingerprint density at radius 3 is 2.41 bits per heavy atom. The number of nitrogens with zero attached hydrogens (tertiary/aromatic N) is 2. The Kier molecular flexibility index (Phi) is 6.35. The smallest absolute Gasteiger partial charge is 0.410 e. The second-order valence-corrected chi connectivity index (χ2v) is 7.56. The van der Waals surface area contributed by atoms with Gasteiger partial charge in [0.25, 0.3) is 0 Å². The Morgan fingerprint density at radius 1 is 1.32 bits per heavy atom. The van der Waals surface area contributed by atoms with Crippen molar-refractivity contribution < 1.29 is 14.3 Å². The maximum atomic E-state index is 12.4. The standard InChI is InChI=1S/C16H28N2O3S/c1-11-7-8-18(15(20)21-16(2,3)4)10-12(11)13(19)9-14(22)17(5)6/h9,11-12,22H,7-8,10H2,1-6H3/b14-9-. The molecule has 22 heavy (non-hydrogen) atoms. The minimum atomic E-state index is -0.525. The summed E-state index contributed by atoms with van der Waals surface area (Å²) in [5.41, 5.74) is -0.525. The molecule has 2 atom stereocenters. The van der Waals surface area contributed by atoms with Gasteiger partial charge < -0.3 is 14.5 Å². The first kappa shape index (κ1) is 18.9. The van der Waals surface area contributed by atoms with Crippen LogP contribution in [-0.4, -0.2) is 54.5 Å². The lowest BCUT2D eigenvalue weighted by Gasteiger charge is -2.36. The van der Waals surface area contributed by atoms with Crippen molar-refractivity contribution in [1.29, 1.82) is 0 Å². The third kappa shape index (κ3) is 5.55. The molecule has 1 rings (SSSR count). The zero-order chi connectivity index (χ0) is 17.1. The Morgan fingerprint density at radius 2 is 1.91 bits per heavy atom. The summed E-state index contributed by atoms with van der Waals surface area (Å²) in [5.74, 6) is 0.0496. The molecule has 0 aromatic carbocycles. The quantitative estimate of drug-likeness (QED) is 0.639. The number of carbonyl (C=O) groups excluding carboxylic acids is 2. The van der Waals surface area contributed by atoms with Gasteiger partial charge in [0.1, 0.15) is 5.60 Å². The van der Waals surface area contributed by atoms with Crippen LogP contribution >= 0.6 is 12.6 Å². The van der Waals surface area contributed by atoms with Crippen LogP contribution in [0, 0.1) is 11.8 Å². The normalized spacial score (nSPS) is 23.2. The van der Waals surface area contributed by atoms with Crippen LogP contribution in [0.4, 0.5) is 4.79 Å². The number of hydrogen-bond donors (Lipinski definition) is 1. The minimum Gasteiger partial charge on any atom is -0.444 e. The summed E-state index contributed by atoms with van der Waals surface area (Å²) in [4.78, 5) is 28.0. The molecular weight excluding hydrogens is 300 g/mol. The van der Waals surface area contributed by atoms with Crippen LogP contribution in [0.1, 0.15) is 34.1 Å². The number of carbonyl (C=O) groups is 2. The molecule has 6 heteroatoms. The molecule has 0 saturated carbocycles. The monoisotopic (exact) mass is 328 g/mol. The van der Waals surface area contributed by atoms with Crippen molar-refractivity contribution >= 4 is 24.5 Å². The van der Waals surface area contributed by atoms with Gasteiger partial charge in [-0.15, -0.1) is 12.6 Å². The number of piperidine rings is 1. The second kappa shape index (κ2) is 7.40. The van der Waals surface area contributed by atoms with Crippen molar-refractivity contribution in [3.63, 3.8) is 0 Å². The summed E-state index contributed by atoms with van der Waals surface area (Å²) in [5, 5.41) is 0.617. The molecule has 0 aliphatic carbocycles. The summed E-state index contributed by atoms with van der Waals surface area (Å²) < 4.78 is 5.40. The van der Waals surface area contributed by atoms with Crippen molar-refractivity contribution in [2.24, 2.45) is 11.8 Å². The third-order valence-corrected chi connectivity index (χ3v) is 4.23. The molecule has 1 fully saturated rings. The topological polar surface area (TPSA) is 49.9 Å². The number of likely N-dealkylation sites (tertiary alicyclic amines) is 1. The average Bonchev–Trinajstić information content (AvgIpc) is 2.36. The van der Waals surface area contributed by atoms with E-state index in [-0.39, 0.29) is 23.7 Å². The molecule has 1 aliphatic heterocycles. The van der Waals surface area contributed by atoms with Crippen LogP contribution in [0.15, 0.2) is 11.1 Å². The number of amides is 1. The van der Waals surface area contributed by atoms with Crippen LogP contribution in [0.3, 0.4) is 0 Å². The lowest BCUT2D eigenvalue weighted by Crippen LogP contribution is -2.47. The van der Waals surface area contributed by atoms with Crippen LogP contribution < -0.4 is 0 Å². The molecule has 0 aromatic rings. The molecule has 1 aliphatic rings. The van der Waals surface area contributed by atoms with Crippen molar-refractivity contribution in [2.75, 3.05) is 27.2 Å². The molecule has 0 radical (unpaired) electrons. The first-order valence-electron chi connectivity index (χ1n) is 7.61. The number of hydrogen-bond acceptors (Lipinski definition) is 5. The molecule has 5 nitrogen and oxygen atoms in total. The van der Waals surface area contributed by atoms with Gasteiger partial charge in [0.2, 0.25) is 0 Å². The third-order valence-electron chi connectivity index (χ3n) is 3.71. The second-order valence-electron chi connectivity index (χ2n) is 7.10. The van der Waals surface area contributed by atoms with Gasteiger partial charge >= 0.3 is 6.09 Å². The van der Waals surface area contributed by atoms with E-state index in [2.05, 4.69) is 19.6 Å². The summed E-state index contributed by atoms with van der Waals surface area (Å²) in [6.45, 7) is 8.61. The van der Waals surface area contributed by atoms with E-state index in [1.165, 1.54) is 0 Å². The number of rotatable bonds is 3. The molecule has 1 heterocycles. The molecule has 2 unspecified atom stereocenters. The maximum absolute atomic E-state index is 12.4. The fourth-order valence-electron chi connectivity index (χ4n) is 2.30. The van der Waals surface area contributed by atoms with Gasteiger partial charge in [-0.25, -0.2) is 4.79 Å². The number of allylic oxidation sites excluding steroid dienone is 1. The Balaban J connectivity index is 2.77. The first-order chi connectivity index (χ1) is 10.0. The predicted molar refractivity (Wildman–Crippen MR) is 90.8 cm³/mol. The molecule has 0 spiro atoms. The van der Waals surface area contributed by atoms with Gasteiger partial charge in [-0.05, 0) is 33.1 Å². The van der Waals surface area contributed by atoms with E-state index in [9.17, 15) is 9.59 Å². The van der Waals surface area contributed by atoms with Gasteiger partial charge in [-0.1, -0.05) is 6.92 Å². The molecule has 0 N–H and O–H groups in total. The van der Waals surface area contributed by atoms with E-state index in [4.69, 9.17) is 4.74 Å². The molecule has 1 saturated heterocycles. The summed E-state index contributed by atoms with van der Waals surface area (Å²) in [6.07, 6.45) is 2.00. The molecular formula is C16H28N2O3S. The lowest BCUT2D eigenvalue weighted by molar-refractivity contribution is -0.121. The Hall–Kier alpha value is -1.17. The highest BCUT2D eigenvalue weighted by Crippen LogP contribution is 2.26. The maximum Gasteiger partial charge on any atom is 0.410 e. The van der Waals surface area contributed by atoms with E-state index >= 15 is 0 Å². The van der Waals surface area contributed by atoms with E-state index in [1.807, 2.05) is 34.9 Å². The van der Waals surface area contributed by atoms with Crippen molar-refractivity contribution in [3.05, 3.63) is 11.1 Å². The zero-order valence-electron chi connectivity index (χ0n) is 14.4. The summed E-state index contributed by atoms with van der Waals surface area (Å²) in [6, 6.07) is 0. The predicted octanol–water partition coefficient (Wildman–Crippen LogP) is 2.78. The Labute approximate surface area is 139 Å². The summed E-state index contributed by atoms with van der Waals surface area (Å²) >= 11 is 4.29. The molecule has 126 valence electrons. The van der Waals surface area contributed by atoms with Crippen molar-refractivity contribution in [2.45, 2.75) is 39.7 Å². The van der Waals surface area contributed by atoms with Crippen LogP contribution in [0.25, 0.3) is 0 Å². The molecule has 0 bridgehead atoms. The van der Waals surface area contributed by atoms with Gasteiger partial charge in [0.05, 0.1) is 5.03 Å². The van der Waals surface area contributed by atoms with E-state index < -0.39 is 5.60 Å². The van der Waals surface area contributed by atoms with E-state index in [0.29, 0.717) is 18.1 Å². The Bertz CT molecular complexity index is 455. The van der Waals surface area contributed by atoms with Crippen LogP contribution in [0.2, 0.25) is 0 Å². The first-order valence-corrected chi connectivity index (χ1v) is 8.05. The van der Waals surface area contributed by atoms with E-state index in [0.717, 1.165) is 6.42 Å². The number of ether oxygens (including phenoxy) is 1. The SMILES string of the molecule is CC1CCN(C(=O)OC(C)(C)C)CC1C(=O)/C=C(\S)N(C)C. The minimum absolute atomic E-state index is 0.0134. The highest BCUT2D eigenvalue weighted by atomic mass is 32.1. The van der Waals surface area contributed by atoms with Crippen LogP contribution in [-0.2, 0) is 9.53 Å². The fraction of sp³-hybridized carbons (Fsp3) is 0.750. The van der Waals surface area contributed by atoms with E-state index in [1.54, 1.807) is 15.9 Å². The van der Waals surface area contributed by atoms with Crippen molar-refractivity contribution in [3.8, 4) is 0 Å². The molecule has 1 amide bonds. The number of thiol groups is 1. The average molecular weight is 328 g/mol. The largest absolute Gasteiger partial charge is 0.444 e. The van der Waals surface area contributed by atoms with Gasteiger partial charge in [-0.2, -0.15) is 0 Å². The van der Waals surface area contributed by atoms with Gasteiger partial charge in [0, 0.05) is 39.2 Å². The molecule has 0 aromatic heterocycles. The fourth-order valence-corrected chi connectivity index (χ4v) is 2.42. The number of ketones is 1. The van der Waals surface area contributed by atoms with Gasteiger partial charge in [0.15, 0.2) is 5.78 Å². The lowest BCUT2D eigenvalue weighted by atomic mass is 9.84. The highest BCUT2D eigenvalue weighted by molar-refractivity contribution is 7.84. The highest BCUT2D eigenvalue weighted by Gasteiger charge is 2.34. The zero-order valence-corrected chi connectivity index (χ0v) is 15.3. The van der Waals surface area contributed by atoms with Crippen LogP contribution in [0.5, 0.6) is 0 Å². The van der Waals surface area contributed by atoms with Gasteiger partial charge in [-0.3, -0.25) is 4.79 Å². The van der Waals surface area contributed by atoms with Crippen molar-refractivity contribution in [1.82, 2.24) is 9.80 Å². The summed E-state index contributed by atoms with van der Waals surface area (Å²) in [7, 11) is 3.67.